The van der Waals surface area contributed by atoms with Crippen LogP contribution in [0.25, 0.3) is 5.69 Å². The van der Waals surface area contributed by atoms with Gasteiger partial charge >= 0.3 is 0 Å². The van der Waals surface area contributed by atoms with Crippen LogP contribution in [-0.4, -0.2) is 31.4 Å². The fourth-order valence-electron chi connectivity index (χ4n) is 2.59. The Morgan fingerprint density at radius 1 is 1.22 bits per heavy atom. The van der Waals surface area contributed by atoms with E-state index in [0.29, 0.717) is 16.7 Å². The number of carbonyl (C=O) groups is 1. The fraction of sp³-hybridized carbons (Fsp3) is 0.263. The molecule has 1 heterocycles. The standard InChI is InChI=1S/C19H20ClN5OS/c1-12-4-9-17(13(2)10-12)25-19(22-23-24-25)27-14(3)18(26)21-11-15-5-7-16(20)8-6-15/h4-10,14H,11H2,1-3H3,(H,21,26). The summed E-state index contributed by atoms with van der Waals surface area (Å²) in [6, 6.07) is 13.5. The van der Waals surface area contributed by atoms with Crippen molar-refractivity contribution in [2.75, 3.05) is 0 Å². The second-order valence-electron chi connectivity index (χ2n) is 6.27. The summed E-state index contributed by atoms with van der Waals surface area (Å²) in [4.78, 5) is 12.4. The van der Waals surface area contributed by atoms with E-state index in [0.717, 1.165) is 16.8 Å². The summed E-state index contributed by atoms with van der Waals surface area (Å²) in [6.45, 7) is 6.34. The van der Waals surface area contributed by atoms with Crippen molar-refractivity contribution in [3.63, 3.8) is 0 Å². The number of amides is 1. The molecule has 0 aliphatic heterocycles. The molecule has 0 aliphatic rings. The molecule has 0 aliphatic carbocycles. The van der Waals surface area contributed by atoms with Gasteiger partial charge in [0.25, 0.3) is 0 Å². The van der Waals surface area contributed by atoms with Gasteiger partial charge in [0.1, 0.15) is 0 Å². The van der Waals surface area contributed by atoms with E-state index in [2.05, 4.69) is 26.9 Å². The van der Waals surface area contributed by atoms with Crippen molar-refractivity contribution in [1.29, 1.82) is 0 Å². The van der Waals surface area contributed by atoms with Gasteiger partial charge in [0.2, 0.25) is 11.1 Å². The molecule has 140 valence electrons. The van der Waals surface area contributed by atoms with Gasteiger partial charge in [-0.25, -0.2) is 0 Å². The van der Waals surface area contributed by atoms with Crippen LogP contribution >= 0.6 is 23.4 Å². The molecule has 1 N–H and O–H groups in total. The molecule has 1 atom stereocenters. The Balaban J connectivity index is 1.66. The number of halogens is 1. The van der Waals surface area contributed by atoms with Crippen molar-refractivity contribution in [3.8, 4) is 5.69 Å². The maximum Gasteiger partial charge on any atom is 0.233 e. The Morgan fingerprint density at radius 3 is 2.67 bits per heavy atom. The number of hydrogen-bond acceptors (Lipinski definition) is 5. The van der Waals surface area contributed by atoms with Crippen LogP contribution in [0.1, 0.15) is 23.6 Å². The smallest absolute Gasteiger partial charge is 0.233 e. The molecule has 1 amide bonds. The predicted molar refractivity (Wildman–Crippen MR) is 107 cm³/mol. The molecule has 0 saturated carbocycles. The Hall–Kier alpha value is -2.38. The van der Waals surface area contributed by atoms with Gasteiger partial charge in [-0.05, 0) is 60.5 Å². The molecule has 0 fully saturated rings. The van der Waals surface area contributed by atoms with Crippen molar-refractivity contribution in [2.45, 2.75) is 37.7 Å². The van der Waals surface area contributed by atoms with Crippen LogP contribution in [0, 0.1) is 13.8 Å². The van der Waals surface area contributed by atoms with Crippen molar-refractivity contribution < 1.29 is 4.79 Å². The lowest BCUT2D eigenvalue weighted by Crippen LogP contribution is -2.30. The van der Waals surface area contributed by atoms with Crippen LogP contribution in [0.15, 0.2) is 47.6 Å². The van der Waals surface area contributed by atoms with Crippen LogP contribution in [0.2, 0.25) is 5.02 Å². The molecule has 1 aromatic heterocycles. The van der Waals surface area contributed by atoms with Gasteiger partial charge in [-0.3, -0.25) is 4.79 Å². The third kappa shape index (κ3) is 4.87. The zero-order valence-corrected chi connectivity index (χ0v) is 16.9. The monoisotopic (exact) mass is 401 g/mol. The average molecular weight is 402 g/mol. The summed E-state index contributed by atoms with van der Waals surface area (Å²) < 4.78 is 1.67. The number of thioether (sulfide) groups is 1. The highest BCUT2D eigenvalue weighted by Crippen LogP contribution is 2.25. The number of tetrazole rings is 1. The highest BCUT2D eigenvalue weighted by Gasteiger charge is 2.19. The molecule has 0 saturated heterocycles. The van der Waals surface area contributed by atoms with Gasteiger partial charge < -0.3 is 5.32 Å². The molecule has 0 bridgehead atoms. The molecule has 0 radical (unpaired) electrons. The zero-order valence-electron chi connectivity index (χ0n) is 15.3. The SMILES string of the molecule is Cc1ccc(-n2nnnc2SC(C)C(=O)NCc2ccc(Cl)cc2)c(C)c1. The molecule has 1 unspecified atom stereocenters. The normalized spacial score (nSPS) is 12.0. The molecule has 27 heavy (non-hydrogen) atoms. The second kappa shape index (κ2) is 8.54. The van der Waals surface area contributed by atoms with Crippen LogP contribution < -0.4 is 5.32 Å². The summed E-state index contributed by atoms with van der Waals surface area (Å²) in [5, 5.41) is 15.8. The molecule has 8 heteroatoms. The first-order valence-corrected chi connectivity index (χ1v) is 9.74. The van der Waals surface area contributed by atoms with Gasteiger partial charge in [0.05, 0.1) is 10.9 Å². The number of aromatic nitrogens is 4. The first-order chi connectivity index (χ1) is 12.9. The summed E-state index contributed by atoms with van der Waals surface area (Å²) in [5.41, 5.74) is 4.14. The van der Waals surface area contributed by atoms with Crippen LogP contribution in [0.4, 0.5) is 0 Å². The first-order valence-electron chi connectivity index (χ1n) is 8.49. The number of benzene rings is 2. The lowest BCUT2D eigenvalue weighted by Gasteiger charge is -2.13. The lowest BCUT2D eigenvalue weighted by molar-refractivity contribution is -0.120. The van der Waals surface area contributed by atoms with E-state index in [1.165, 1.54) is 17.3 Å². The van der Waals surface area contributed by atoms with E-state index in [1.807, 2.05) is 45.0 Å². The minimum Gasteiger partial charge on any atom is -0.351 e. The Kier molecular flexibility index (Phi) is 6.13. The number of carbonyl (C=O) groups excluding carboxylic acids is 1. The van der Waals surface area contributed by atoms with Crippen LogP contribution in [0.3, 0.4) is 0 Å². The van der Waals surface area contributed by atoms with E-state index < -0.39 is 0 Å². The third-order valence-corrected chi connectivity index (χ3v) is 5.34. The third-order valence-electron chi connectivity index (χ3n) is 4.05. The van der Waals surface area contributed by atoms with Crippen molar-refractivity contribution in [1.82, 2.24) is 25.5 Å². The second-order valence-corrected chi connectivity index (χ2v) is 8.01. The van der Waals surface area contributed by atoms with Crippen molar-refractivity contribution >= 4 is 29.3 Å². The van der Waals surface area contributed by atoms with E-state index in [1.54, 1.807) is 16.8 Å². The minimum atomic E-state index is -0.340. The quantitative estimate of drug-likeness (QED) is 0.637. The van der Waals surface area contributed by atoms with Gasteiger partial charge in [0.15, 0.2) is 0 Å². The Labute approximate surface area is 167 Å². The topological polar surface area (TPSA) is 72.7 Å². The molecule has 3 aromatic rings. The molecule has 2 aromatic carbocycles. The Bertz CT molecular complexity index is 942. The maximum atomic E-state index is 12.4. The van der Waals surface area contributed by atoms with E-state index >= 15 is 0 Å². The average Bonchev–Trinajstić information content (AvgIpc) is 3.08. The van der Waals surface area contributed by atoms with Crippen molar-refractivity contribution in [3.05, 3.63) is 64.2 Å². The molecule has 0 spiro atoms. The summed E-state index contributed by atoms with van der Waals surface area (Å²) >= 11 is 7.20. The number of rotatable bonds is 6. The summed E-state index contributed by atoms with van der Waals surface area (Å²) in [5.74, 6) is -0.0786. The molecule has 6 nitrogen and oxygen atoms in total. The lowest BCUT2D eigenvalue weighted by atomic mass is 10.1. The van der Waals surface area contributed by atoms with Gasteiger partial charge in [-0.15, -0.1) is 5.10 Å². The van der Waals surface area contributed by atoms with Crippen molar-refractivity contribution in [2.24, 2.45) is 0 Å². The van der Waals surface area contributed by atoms with E-state index in [9.17, 15) is 4.79 Å². The summed E-state index contributed by atoms with van der Waals surface area (Å²) in [6.07, 6.45) is 0. The number of aryl methyl sites for hydroxylation is 2. The largest absolute Gasteiger partial charge is 0.351 e. The highest BCUT2D eigenvalue weighted by molar-refractivity contribution is 8.00. The zero-order chi connectivity index (χ0) is 19.4. The molecule has 3 rings (SSSR count). The maximum absolute atomic E-state index is 12.4. The molecular weight excluding hydrogens is 382 g/mol. The number of hydrogen-bond donors (Lipinski definition) is 1. The first kappa shape index (κ1) is 19.4. The van der Waals surface area contributed by atoms with Gasteiger partial charge in [0, 0.05) is 11.6 Å². The fourth-order valence-corrected chi connectivity index (χ4v) is 3.54. The van der Waals surface area contributed by atoms with E-state index in [4.69, 9.17) is 11.6 Å². The minimum absolute atomic E-state index is 0.0786. The van der Waals surface area contributed by atoms with Crippen LogP contribution in [-0.2, 0) is 11.3 Å². The number of nitrogens with one attached hydrogen (secondary N) is 1. The van der Waals surface area contributed by atoms with Gasteiger partial charge in [-0.1, -0.05) is 53.2 Å². The van der Waals surface area contributed by atoms with Crippen LogP contribution in [0.5, 0.6) is 0 Å². The predicted octanol–water partition coefficient (Wildman–Crippen LogP) is 3.73. The summed E-state index contributed by atoms with van der Waals surface area (Å²) in [7, 11) is 0. The Morgan fingerprint density at radius 2 is 1.96 bits per heavy atom. The molecular formula is C19H20ClN5OS. The van der Waals surface area contributed by atoms with E-state index in [-0.39, 0.29) is 11.2 Å². The van der Waals surface area contributed by atoms with Gasteiger partial charge in [-0.2, -0.15) is 4.68 Å². The highest BCUT2D eigenvalue weighted by atomic mass is 35.5. The number of nitrogens with zero attached hydrogens (tertiary/aromatic N) is 4.